The molecule has 1 heteroatoms. The topological polar surface area (TPSA) is 0 Å². The third kappa shape index (κ3) is 2.99. The fourth-order valence-electron chi connectivity index (χ4n) is 2.14. The molecule has 0 unspecified atom stereocenters. The zero-order valence-corrected chi connectivity index (χ0v) is 11.8. The lowest BCUT2D eigenvalue weighted by Gasteiger charge is -2.11. The SMILES string of the molecule is C(#CC(c1ccccc1)c1ccccc1)c1ccsc1. The van der Waals surface area contributed by atoms with E-state index in [4.69, 9.17) is 0 Å². The van der Waals surface area contributed by atoms with E-state index in [1.807, 2.05) is 12.1 Å². The van der Waals surface area contributed by atoms with E-state index >= 15 is 0 Å². The Kier molecular flexibility index (Phi) is 3.96. The van der Waals surface area contributed by atoms with Crippen LogP contribution >= 0.6 is 11.3 Å². The van der Waals surface area contributed by atoms with Gasteiger partial charge in [0.25, 0.3) is 0 Å². The molecular formula is C19H14S. The third-order valence-electron chi connectivity index (χ3n) is 3.15. The fourth-order valence-corrected chi connectivity index (χ4v) is 2.73. The van der Waals surface area contributed by atoms with Crippen LogP contribution in [0.3, 0.4) is 0 Å². The highest BCUT2D eigenvalue weighted by atomic mass is 32.1. The average molecular weight is 274 g/mol. The van der Waals surface area contributed by atoms with E-state index in [0.29, 0.717) is 0 Å². The summed E-state index contributed by atoms with van der Waals surface area (Å²) in [5.41, 5.74) is 3.56. The average Bonchev–Trinajstić information content (AvgIpc) is 3.03. The van der Waals surface area contributed by atoms with Crippen LogP contribution in [0.25, 0.3) is 0 Å². The standard InChI is InChI=1S/C19H14S/c1-3-7-17(8-4-1)19(18-9-5-2-6-10-18)12-11-16-13-14-20-15-16/h1-10,13-15,19H. The van der Waals surface area contributed by atoms with Crippen molar-refractivity contribution in [2.75, 3.05) is 0 Å². The van der Waals surface area contributed by atoms with Crippen molar-refractivity contribution in [2.45, 2.75) is 5.92 Å². The van der Waals surface area contributed by atoms with Crippen molar-refractivity contribution in [1.82, 2.24) is 0 Å². The Morgan fingerprint density at radius 2 is 1.35 bits per heavy atom. The Morgan fingerprint density at radius 1 is 0.750 bits per heavy atom. The van der Waals surface area contributed by atoms with Gasteiger partial charge in [0.2, 0.25) is 0 Å². The molecule has 96 valence electrons. The van der Waals surface area contributed by atoms with Gasteiger partial charge in [0.1, 0.15) is 0 Å². The molecule has 1 heterocycles. The van der Waals surface area contributed by atoms with Crippen LogP contribution < -0.4 is 0 Å². The summed E-state index contributed by atoms with van der Waals surface area (Å²) < 4.78 is 0. The third-order valence-corrected chi connectivity index (χ3v) is 3.83. The van der Waals surface area contributed by atoms with Crippen LogP contribution in [0.1, 0.15) is 22.6 Å². The van der Waals surface area contributed by atoms with Crippen molar-refractivity contribution in [3.8, 4) is 11.8 Å². The van der Waals surface area contributed by atoms with E-state index in [-0.39, 0.29) is 5.92 Å². The van der Waals surface area contributed by atoms with Gasteiger partial charge in [-0.1, -0.05) is 72.5 Å². The van der Waals surface area contributed by atoms with Gasteiger partial charge < -0.3 is 0 Å². The summed E-state index contributed by atoms with van der Waals surface area (Å²) in [5.74, 6) is 6.82. The molecule has 20 heavy (non-hydrogen) atoms. The van der Waals surface area contributed by atoms with Gasteiger partial charge in [0, 0.05) is 10.9 Å². The first-order chi connectivity index (χ1) is 9.93. The van der Waals surface area contributed by atoms with Crippen LogP contribution in [0, 0.1) is 11.8 Å². The molecule has 0 saturated carbocycles. The van der Waals surface area contributed by atoms with Crippen molar-refractivity contribution in [1.29, 1.82) is 0 Å². The first-order valence-corrected chi connectivity index (χ1v) is 7.51. The van der Waals surface area contributed by atoms with Crippen molar-refractivity contribution >= 4 is 11.3 Å². The summed E-state index contributed by atoms with van der Waals surface area (Å²) >= 11 is 1.68. The molecule has 0 saturated heterocycles. The minimum atomic E-state index is 0.123. The van der Waals surface area contributed by atoms with Gasteiger partial charge in [-0.2, -0.15) is 11.3 Å². The Labute approximate surface area is 123 Å². The van der Waals surface area contributed by atoms with E-state index in [1.54, 1.807) is 11.3 Å². The highest BCUT2D eigenvalue weighted by molar-refractivity contribution is 7.08. The van der Waals surface area contributed by atoms with Gasteiger partial charge in [-0.3, -0.25) is 0 Å². The van der Waals surface area contributed by atoms with Crippen molar-refractivity contribution < 1.29 is 0 Å². The van der Waals surface area contributed by atoms with Gasteiger partial charge in [-0.25, -0.2) is 0 Å². The highest BCUT2D eigenvalue weighted by Gasteiger charge is 2.10. The lowest BCUT2D eigenvalue weighted by molar-refractivity contribution is 1.06. The number of rotatable bonds is 2. The Bertz CT molecular complexity index is 661. The minimum absolute atomic E-state index is 0.123. The highest BCUT2D eigenvalue weighted by Crippen LogP contribution is 2.23. The molecular weight excluding hydrogens is 260 g/mol. The van der Waals surface area contributed by atoms with E-state index in [1.165, 1.54) is 11.1 Å². The van der Waals surface area contributed by atoms with E-state index < -0.39 is 0 Å². The van der Waals surface area contributed by atoms with Crippen LogP contribution in [0.15, 0.2) is 77.5 Å². The van der Waals surface area contributed by atoms with E-state index in [0.717, 1.165) is 5.56 Å². The molecule has 0 aliphatic rings. The number of hydrogen-bond donors (Lipinski definition) is 0. The maximum Gasteiger partial charge on any atom is 0.0705 e. The zero-order valence-electron chi connectivity index (χ0n) is 11.0. The Morgan fingerprint density at radius 3 is 1.85 bits per heavy atom. The van der Waals surface area contributed by atoms with Gasteiger partial charge >= 0.3 is 0 Å². The maximum absolute atomic E-state index is 3.41. The normalized spacial score (nSPS) is 10.1. The van der Waals surface area contributed by atoms with E-state index in [2.05, 4.69) is 77.2 Å². The summed E-state index contributed by atoms with van der Waals surface area (Å²) in [6.07, 6.45) is 0. The Balaban J connectivity index is 2.00. The molecule has 0 aliphatic carbocycles. The molecule has 2 aromatic carbocycles. The second-order valence-electron chi connectivity index (χ2n) is 4.54. The smallest absolute Gasteiger partial charge is 0.0705 e. The lowest BCUT2D eigenvalue weighted by atomic mass is 9.92. The molecule has 0 aliphatic heterocycles. The molecule has 0 radical (unpaired) electrons. The summed E-state index contributed by atoms with van der Waals surface area (Å²) in [4.78, 5) is 0. The molecule has 0 amide bonds. The maximum atomic E-state index is 3.41. The monoisotopic (exact) mass is 274 g/mol. The molecule has 3 aromatic rings. The summed E-state index contributed by atoms with van der Waals surface area (Å²) in [6, 6.07) is 23.0. The number of thiophene rings is 1. The Hall–Kier alpha value is -2.30. The quantitative estimate of drug-likeness (QED) is 0.581. The van der Waals surface area contributed by atoms with Gasteiger partial charge in [-0.05, 0) is 22.6 Å². The van der Waals surface area contributed by atoms with Crippen LogP contribution in [-0.4, -0.2) is 0 Å². The summed E-state index contributed by atoms with van der Waals surface area (Å²) in [7, 11) is 0. The zero-order chi connectivity index (χ0) is 13.6. The van der Waals surface area contributed by atoms with Crippen molar-refractivity contribution in [2.24, 2.45) is 0 Å². The fraction of sp³-hybridized carbons (Fsp3) is 0.0526. The second-order valence-corrected chi connectivity index (χ2v) is 5.32. The molecule has 0 fully saturated rings. The first kappa shape index (κ1) is 12.7. The minimum Gasteiger partial charge on any atom is -0.151 e. The second kappa shape index (κ2) is 6.23. The summed E-state index contributed by atoms with van der Waals surface area (Å²) in [5, 5.41) is 4.14. The molecule has 0 N–H and O–H groups in total. The van der Waals surface area contributed by atoms with E-state index in [9.17, 15) is 0 Å². The molecule has 3 rings (SSSR count). The molecule has 0 nitrogen and oxygen atoms in total. The molecule has 0 bridgehead atoms. The predicted molar refractivity (Wildman–Crippen MR) is 85.9 cm³/mol. The molecule has 0 spiro atoms. The molecule has 0 atom stereocenters. The van der Waals surface area contributed by atoms with Crippen LogP contribution in [0.2, 0.25) is 0 Å². The van der Waals surface area contributed by atoms with Crippen LogP contribution in [-0.2, 0) is 0 Å². The largest absolute Gasteiger partial charge is 0.151 e. The van der Waals surface area contributed by atoms with Gasteiger partial charge in [-0.15, -0.1) is 0 Å². The first-order valence-electron chi connectivity index (χ1n) is 6.57. The van der Waals surface area contributed by atoms with Gasteiger partial charge in [0.15, 0.2) is 0 Å². The lowest BCUT2D eigenvalue weighted by Crippen LogP contribution is -1.97. The van der Waals surface area contributed by atoms with Crippen molar-refractivity contribution in [3.05, 3.63) is 94.2 Å². The number of benzene rings is 2. The van der Waals surface area contributed by atoms with Crippen LogP contribution in [0.4, 0.5) is 0 Å². The summed E-state index contributed by atoms with van der Waals surface area (Å²) in [6.45, 7) is 0. The number of hydrogen-bond acceptors (Lipinski definition) is 1. The predicted octanol–water partition coefficient (Wildman–Crippen LogP) is 4.93. The van der Waals surface area contributed by atoms with Crippen molar-refractivity contribution in [3.63, 3.8) is 0 Å². The van der Waals surface area contributed by atoms with Crippen LogP contribution in [0.5, 0.6) is 0 Å². The molecule has 1 aromatic heterocycles. The van der Waals surface area contributed by atoms with Gasteiger partial charge in [0.05, 0.1) is 5.92 Å².